The predicted octanol–water partition coefficient (Wildman–Crippen LogP) is 2.32. The summed E-state index contributed by atoms with van der Waals surface area (Å²) in [7, 11) is -2.58. The van der Waals surface area contributed by atoms with E-state index in [1.165, 1.54) is 43.6 Å². The highest BCUT2D eigenvalue weighted by atomic mass is 35.5. The molecule has 2 aromatic rings. The molecule has 0 aliphatic heterocycles. The molecule has 0 radical (unpaired) electrons. The minimum absolute atomic E-state index is 0.0729. The summed E-state index contributed by atoms with van der Waals surface area (Å²) in [6.07, 6.45) is 2.56. The molecule has 0 atom stereocenters. The van der Waals surface area contributed by atoms with Crippen LogP contribution in [-0.4, -0.2) is 26.5 Å². The highest BCUT2D eigenvalue weighted by Gasteiger charge is 2.18. The number of methoxy groups -OCH3 is 1. The van der Waals surface area contributed by atoms with E-state index in [1.54, 1.807) is 0 Å². The first kappa shape index (κ1) is 15.3. The Kier molecular flexibility index (Phi) is 4.44. The molecule has 8 heteroatoms. The molecule has 0 aliphatic carbocycles. The average molecular weight is 327 g/mol. The molecule has 1 aromatic carbocycles. The fourth-order valence-corrected chi connectivity index (χ4v) is 3.05. The summed E-state index contributed by atoms with van der Waals surface area (Å²) in [5.74, 6) is -0.500. The number of carbonyl (C=O) groups excluding carboxylic acids is 1. The second-order valence-corrected chi connectivity index (χ2v) is 6.04. The number of hydrogen-bond acceptors (Lipinski definition) is 5. The van der Waals surface area contributed by atoms with Crippen LogP contribution in [0, 0.1) is 0 Å². The van der Waals surface area contributed by atoms with Crippen LogP contribution in [0.2, 0.25) is 5.02 Å². The standard InChI is InChI=1S/C13H11ClN2O4S/c1-20-13(17)9-2-4-10(5-3-9)16-21(18,19)12-8-15-7-6-11(12)14/h2-8,16H,1H3. The lowest BCUT2D eigenvalue weighted by Crippen LogP contribution is -2.14. The number of aromatic nitrogens is 1. The molecule has 0 spiro atoms. The van der Waals surface area contributed by atoms with Gasteiger partial charge in [0.05, 0.1) is 17.7 Å². The van der Waals surface area contributed by atoms with Crippen LogP contribution in [0.15, 0.2) is 47.6 Å². The lowest BCUT2D eigenvalue weighted by Gasteiger charge is -2.09. The van der Waals surface area contributed by atoms with E-state index in [1.807, 2.05) is 0 Å². The fourth-order valence-electron chi connectivity index (χ4n) is 1.56. The molecule has 21 heavy (non-hydrogen) atoms. The number of anilines is 1. The Morgan fingerprint density at radius 2 is 1.90 bits per heavy atom. The van der Waals surface area contributed by atoms with Gasteiger partial charge in [-0.05, 0) is 30.3 Å². The van der Waals surface area contributed by atoms with E-state index in [4.69, 9.17) is 11.6 Å². The number of carbonyl (C=O) groups is 1. The summed E-state index contributed by atoms with van der Waals surface area (Å²) in [6, 6.07) is 7.20. The molecule has 110 valence electrons. The van der Waals surface area contributed by atoms with Crippen molar-refractivity contribution in [3.05, 3.63) is 53.3 Å². The van der Waals surface area contributed by atoms with Crippen molar-refractivity contribution in [2.75, 3.05) is 11.8 Å². The summed E-state index contributed by atoms with van der Waals surface area (Å²) in [5, 5.41) is 0.0729. The molecule has 1 heterocycles. The molecule has 1 N–H and O–H groups in total. The second kappa shape index (κ2) is 6.11. The van der Waals surface area contributed by atoms with Crippen molar-refractivity contribution >= 4 is 33.3 Å². The second-order valence-electron chi connectivity index (χ2n) is 3.98. The smallest absolute Gasteiger partial charge is 0.337 e. The zero-order valence-corrected chi connectivity index (χ0v) is 12.5. The summed E-state index contributed by atoms with van der Waals surface area (Å²) in [6.45, 7) is 0. The number of sulfonamides is 1. The first-order valence-corrected chi connectivity index (χ1v) is 7.61. The van der Waals surface area contributed by atoms with Crippen LogP contribution < -0.4 is 4.72 Å². The molecule has 0 bridgehead atoms. The normalized spacial score (nSPS) is 11.0. The van der Waals surface area contributed by atoms with Gasteiger partial charge in [0.25, 0.3) is 10.0 Å². The topological polar surface area (TPSA) is 85.4 Å². The number of nitrogens with zero attached hydrogens (tertiary/aromatic N) is 1. The van der Waals surface area contributed by atoms with Crippen molar-refractivity contribution in [1.29, 1.82) is 0 Å². The molecule has 0 saturated heterocycles. The van der Waals surface area contributed by atoms with E-state index in [-0.39, 0.29) is 9.92 Å². The van der Waals surface area contributed by atoms with E-state index in [0.29, 0.717) is 11.3 Å². The highest BCUT2D eigenvalue weighted by molar-refractivity contribution is 7.92. The minimum Gasteiger partial charge on any atom is -0.465 e. The van der Waals surface area contributed by atoms with Crippen molar-refractivity contribution in [1.82, 2.24) is 4.98 Å². The maximum Gasteiger partial charge on any atom is 0.337 e. The number of pyridine rings is 1. The SMILES string of the molecule is COC(=O)c1ccc(NS(=O)(=O)c2cnccc2Cl)cc1. The fraction of sp³-hybridized carbons (Fsp3) is 0.0769. The maximum atomic E-state index is 12.2. The third kappa shape index (κ3) is 3.50. The Morgan fingerprint density at radius 3 is 2.48 bits per heavy atom. The van der Waals surface area contributed by atoms with Crippen molar-refractivity contribution < 1.29 is 17.9 Å². The van der Waals surface area contributed by atoms with Gasteiger partial charge in [-0.15, -0.1) is 0 Å². The maximum absolute atomic E-state index is 12.2. The van der Waals surface area contributed by atoms with E-state index in [2.05, 4.69) is 14.4 Å². The van der Waals surface area contributed by atoms with Gasteiger partial charge in [0, 0.05) is 18.1 Å². The highest BCUT2D eigenvalue weighted by Crippen LogP contribution is 2.22. The van der Waals surface area contributed by atoms with Gasteiger partial charge in [0.1, 0.15) is 4.90 Å². The molecule has 0 fully saturated rings. The van der Waals surface area contributed by atoms with Gasteiger partial charge in [-0.3, -0.25) is 9.71 Å². The lowest BCUT2D eigenvalue weighted by atomic mass is 10.2. The van der Waals surface area contributed by atoms with Crippen LogP contribution in [0.4, 0.5) is 5.69 Å². The first-order valence-electron chi connectivity index (χ1n) is 5.75. The zero-order valence-electron chi connectivity index (χ0n) is 10.9. The summed E-state index contributed by atoms with van der Waals surface area (Å²) < 4.78 is 31.3. The molecule has 0 saturated carbocycles. The van der Waals surface area contributed by atoms with E-state index in [0.717, 1.165) is 6.20 Å². The van der Waals surface area contributed by atoms with Gasteiger partial charge >= 0.3 is 5.97 Å². The molecule has 0 unspecified atom stereocenters. The van der Waals surface area contributed by atoms with Crippen LogP contribution in [0.1, 0.15) is 10.4 Å². The molecule has 6 nitrogen and oxygen atoms in total. The molecular formula is C13H11ClN2O4S. The van der Waals surface area contributed by atoms with Crippen molar-refractivity contribution in [2.45, 2.75) is 4.90 Å². The third-order valence-corrected chi connectivity index (χ3v) is 4.43. The number of ether oxygens (including phenoxy) is 1. The van der Waals surface area contributed by atoms with Gasteiger partial charge in [-0.2, -0.15) is 0 Å². The quantitative estimate of drug-likeness (QED) is 0.871. The Hall–Kier alpha value is -2.12. The molecule has 0 amide bonds. The van der Waals surface area contributed by atoms with Crippen LogP contribution in [-0.2, 0) is 14.8 Å². The number of halogens is 1. The first-order chi connectivity index (χ1) is 9.94. The van der Waals surface area contributed by atoms with Crippen LogP contribution in [0.25, 0.3) is 0 Å². The summed E-state index contributed by atoms with van der Waals surface area (Å²) in [5.41, 5.74) is 0.613. The predicted molar refractivity (Wildman–Crippen MR) is 77.8 cm³/mol. The molecule has 0 aliphatic rings. The van der Waals surface area contributed by atoms with Crippen LogP contribution in [0.5, 0.6) is 0 Å². The Morgan fingerprint density at radius 1 is 1.24 bits per heavy atom. The van der Waals surface area contributed by atoms with Crippen molar-refractivity contribution in [3.63, 3.8) is 0 Å². The number of nitrogens with one attached hydrogen (secondary N) is 1. The lowest BCUT2D eigenvalue weighted by molar-refractivity contribution is 0.0601. The molecular weight excluding hydrogens is 316 g/mol. The van der Waals surface area contributed by atoms with E-state index in [9.17, 15) is 13.2 Å². The van der Waals surface area contributed by atoms with Gasteiger partial charge in [-0.25, -0.2) is 13.2 Å². The Bertz CT molecular complexity index is 760. The van der Waals surface area contributed by atoms with E-state index >= 15 is 0 Å². The number of benzene rings is 1. The number of rotatable bonds is 4. The van der Waals surface area contributed by atoms with Crippen LogP contribution in [0.3, 0.4) is 0 Å². The van der Waals surface area contributed by atoms with Gasteiger partial charge in [0.2, 0.25) is 0 Å². The Labute approximate surface area is 126 Å². The summed E-state index contributed by atoms with van der Waals surface area (Å²) >= 11 is 5.84. The van der Waals surface area contributed by atoms with Crippen molar-refractivity contribution in [3.8, 4) is 0 Å². The number of hydrogen-bond donors (Lipinski definition) is 1. The minimum atomic E-state index is -3.84. The molecule has 1 aromatic heterocycles. The number of esters is 1. The van der Waals surface area contributed by atoms with Crippen LogP contribution >= 0.6 is 11.6 Å². The van der Waals surface area contributed by atoms with Gasteiger partial charge in [0.15, 0.2) is 0 Å². The third-order valence-electron chi connectivity index (χ3n) is 2.58. The molecule has 2 rings (SSSR count). The largest absolute Gasteiger partial charge is 0.465 e. The van der Waals surface area contributed by atoms with Gasteiger partial charge in [-0.1, -0.05) is 11.6 Å². The monoisotopic (exact) mass is 326 g/mol. The van der Waals surface area contributed by atoms with E-state index < -0.39 is 16.0 Å². The summed E-state index contributed by atoms with van der Waals surface area (Å²) in [4.78, 5) is 14.9. The van der Waals surface area contributed by atoms with Gasteiger partial charge < -0.3 is 4.74 Å². The average Bonchev–Trinajstić information content (AvgIpc) is 2.47. The Balaban J connectivity index is 2.25. The zero-order chi connectivity index (χ0) is 15.5. The van der Waals surface area contributed by atoms with Crippen molar-refractivity contribution in [2.24, 2.45) is 0 Å².